The van der Waals surface area contributed by atoms with Gasteiger partial charge in [0.15, 0.2) is 17.3 Å². The van der Waals surface area contributed by atoms with Gasteiger partial charge >= 0.3 is 0 Å². The predicted molar refractivity (Wildman–Crippen MR) is 119 cm³/mol. The Kier molecular flexibility index (Phi) is 6.08. The molecule has 1 heterocycles. The third-order valence-corrected chi connectivity index (χ3v) is 6.19. The molecule has 0 bridgehead atoms. The highest BCUT2D eigenvalue weighted by atomic mass is 16.5. The lowest BCUT2D eigenvalue weighted by Gasteiger charge is -2.34. The Morgan fingerprint density at radius 1 is 0.812 bits per heavy atom. The molecule has 1 amide bonds. The van der Waals surface area contributed by atoms with Crippen molar-refractivity contribution in [1.82, 2.24) is 5.32 Å². The van der Waals surface area contributed by atoms with Crippen molar-refractivity contribution < 1.29 is 28.5 Å². The number of methoxy groups -OCH3 is 4. The maximum atomic E-state index is 13.4. The summed E-state index contributed by atoms with van der Waals surface area (Å²) < 4.78 is 21.7. The van der Waals surface area contributed by atoms with Crippen LogP contribution in [-0.2, 0) is 9.59 Å². The van der Waals surface area contributed by atoms with Crippen LogP contribution in [0.25, 0.3) is 0 Å². The summed E-state index contributed by atoms with van der Waals surface area (Å²) in [6.07, 6.45) is 1.13. The molecular formula is C25H27NO6. The van der Waals surface area contributed by atoms with Gasteiger partial charge in [-0.1, -0.05) is 12.1 Å². The smallest absolute Gasteiger partial charge is 0.225 e. The van der Waals surface area contributed by atoms with Crippen LogP contribution < -0.4 is 24.3 Å². The predicted octanol–water partition coefficient (Wildman–Crippen LogP) is 3.73. The Bertz CT molecular complexity index is 1060. The number of nitrogens with one attached hydrogen (secondary N) is 1. The summed E-state index contributed by atoms with van der Waals surface area (Å²) >= 11 is 0. The summed E-state index contributed by atoms with van der Waals surface area (Å²) in [5.41, 5.74) is 3.20. The van der Waals surface area contributed by atoms with E-state index in [0.29, 0.717) is 47.1 Å². The van der Waals surface area contributed by atoms with Gasteiger partial charge in [-0.05, 0) is 47.7 Å². The topological polar surface area (TPSA) is 83.1 Å². The zero-order valence-electron chi connectivity index (χ0n) is 18.7. The van der Waals surface area contributed by atoms with Gasteiger partial charge < -0.3 is 24.3 Å². The van der Waals surface area contributed by atoms with E-state index in [1.54, 1.807) is 28.4 Å². The second kappa shape index (κ2) is 8.94. The monoisotopic (exact) mass is 437 g/mol. The van der Waals surface area contributed by atoms with E-state index in [1.165, 1.54) is 0 Å². The molecule has 0 saturated heterocycles. The van der Waals surface area contributed by atoms with E-state index in [-0.39, 0.29) is 29.9 Å². The molecule has 0 aromatic heterocycles. The number of ketones is 1. The first-order chi connectivity index (χ1) is 15.5. The Hall–Kier alpha value is -3.48. The van der Waals surface area contributed by atoms with Crippen molar-refractivity contribution in [3.63, 3.8) is 0 Å². The van der Waals surface area contributed by atoms with E-state index in [4.69, 9.17) is 18.9 Å². The SMILES string of the molecule is COc1cccc([C@@H]2CC(=O)NC3=C2C(=O)C[C@@H](c2cc(OC)c(OC)c(OC)c2)C3)c1. The molecule has 2 aliphatic rings. The van der Waals surface area contributed by atoms with Crippen molar-refractivity contribution in [2.45, 2.75) is 31.1 Å². The average Bonchev–Trinajstić information content (AvgIpc) is 2.82. The molecule has 1 aliphatic carbocycles. The van der Waals surface area contributed by atoms with Crippen LogP contribution in [0.2, 0.25) is 0 Å². The number of Topliss-reactive ketones (excluding diaryl/α,β-unsaturated/α-hetero) is 1. The van der Waals surface area contributed by atoms with Crippen LogP contribution in [0.5, 0.6) is 23.0 Å². The summed E-state index contributed by atoms with van der Waals surface area (Å²) in [6.45, 7) is 0. The van der Waals surface area contributed by atoms with Gasteiger partial charge in [0.2, 0.25) is 11.7 Å². The number of allylic oxidation sites excluding steroid dienone is 2. The lowest BCUT2D eigenvalue weighted by atomic mass is 9.73. The number of hydrogen-bond acceptors (Lipinski definition) is 6. The number of hydrogen-bond donors (Lipinski definition) is 1. The highest BCUT2D eigenvalue weighted by Gasteiger charge is 2.38. The van der Waals surface area contributed by atoms with Crippen LogP contribution in [0.3, 0.4) is 0 Å². The molecule has 0 unspecified atom stereocenters. The van der Waals surface area contributed by atoms with Gasteiger partial charge in [-0.25, -0.2) is 0 Å². The van der Waals surface area contributed by atoms with E-state index in [2.05, 4.69) is 5.32 Å². The molecule has 7 heteroatoms. The number of carbonyl (C=O) groups excluding carboxylic acids is 2. The number of benzene rings is 2. The van der Waals surface area contributed by atoms with Crippen LogP contribution in [-0.4, -0.2) is 40.1 Å². The van der Waals surface area contributed by atoms with E-state index < -0.39 is 0 Å². The van der Waals surface area contributed by atoms with E-state index >= 15 is 0 Å². The Morgan fingerprint density at radius 2 is 1.53 bits per heavy atom. The molecule has 2 aromatic rings. The van der Waals surface area contributed by atoms with Crippen molar-refractivity contribution >= 4 is 11.7 Å². The molecule has 0 radical (unpaired) electrons. The quantitative estimate of drug-likeness (QED) is 0.742. The van der Waals surface area contributed by atoms with Gasteiger partial charge in [-0.15, -0.1) is 0 Å². The van der Waals surface area contributed by atoms with Gasteiger partial charge in [0.05, 0.1) is 28.4 Å². The fraction of sp³-hybridized carbons (Fsp3) is 0.360. The fourth-order valence-electron chi connectivity index (χ4n) is 4.68. The van der Waals surface area contributed by atoms with Gasteiger partial charge in [-0.2, -0.15) is 0 Å². The lowest BCUT2D eigenvalue weighted by molar-refractivity contribution is -0.122. The summed E-state index contributed by atoms with van der Waals surface area (Å²) in [4.78, 5) is 25.9. The first kappa shape index (κ1) is 21.7. The van der Waals surface area contributed by atoms with Crippen molar-refractivity contribution in [3.05, 3.63) is 58.8 Å². The summed E-state index contributed by atoms with van der Waals surface area (Å²) in [5.74, 6) is 1.85. The minimum Gasteiger partial charge on any atom is -0.497 e. The van der Waals surface area contributed by atoms with E-state index in [9.17, 15) is 9.59 Å². The van der Waals surface area contributed by atoms with Crippen molar-refractivity contribution in [1.29, 1.82) is 0 Å². The third kappa shape index (κ3) is 3.90. The van der Waals surface area contributed by atoms with Crippen LogP contribution in [0.4, 0.5) is 0 Å². The second-order valence-corrected chi connectivity index (χ2v) is 7.96. The molecule has 4 rings (SSSR count). The van der Waals surface area contributed by atoms with Crippen LogP contribution >= 0.6 is 0 Å². The molecule has 0 fully saturated rings. The molecule has 2 aromatic carbocycles. The van der Waals surface area contributed by atoms with Gasteiger partial charge in [-0.3, -0.25) is 9.59 Å². The minimum absolute atomic E-state index is 0.0396. The van der Waals surface area contributed by atoms with Gasteiger partial charge in [0.25, 0.3) is 0 Å². The number of carbonyl (C=O) groups is 2. The fourth-order valence-corrected chi connectivity index (χ4v) is 4.68. The Morgan fingerprint density at radius 3 is 2.16 bits per heavy atom. The van der Waals surface area contributed by atoms with Crippen LogP contribution in [0, 0.1) is 0 Å². The van der Waals surface area contributed by atoms with Gasteiger partial charge in [0, 0.05) is 30.0 Å². The molecular weight excluding hydrogens is 410 g/mol. The van der Waals surface area contributed by atoms with E-state index in [1.807, 2.05) is 36.4 Å². The molecule has 7 nitrogen and oxygen atoms in total. The largest absolute Gasteiger partial charge is 0.497 e. The zero-order chi connectivity index (χ0) is 22.8. The Labute approximate surface area is 187 Å². The summed E-state index contributed by atoms with van der Waals surface area (Å²) in [5, 5.41) is 2.96. The first-order valence-electron chi connectivity index (χ1n) is 10.5. The molecule has 0 saturated carbocycles. The first-order valence-corrected chi connectivity index (χ1v) is 10.5. The lowest BCUT2D eigenvalue weighted by Crippen LogP contribution is -2.38. The maximum absolute atomic E-state index is 13.4. The Balaban J connectivity index is 1.72. The van der Waals surface area contributed by atoms with Crippen molar-refractivity contribution in [2.24, 2.45) is 0 Å². The van der Waals surface area contributed by atoms with Gasteiger partial charge in [0.1, 0.15) is 5.75 Å². The molecule has 2 atom stereocenters. The zero-order valence-corrected chi connectivity index (χ0v) is 18.7. The van der Waals surface area contributed by atoms with E-state index in [0.717, 1.165) is 11.1 Å². The molecule has 168 valence electrons. The number of amides is 1. The highest BCUT2D eigenvalue weighted by Crippen LogP contribution is 2.46. The standard InChI is InChI=1S/C25H27NO6/c1-29-17-7-5-6-14(8-17)18-13-23(28)26-19-9-15(10-20(27)24(18)19)16-11-21(30-2)25(32-4)22(12-16)31-3/h5-8,11-12,15,18H,9-10,13H2,1-4H3,(H,26,28)/t15-,18-/m0/s1. The van der Waals surface area contributed by atoms with Crippen LogP contribution in [0.1, 0.15) is 42.2 Å². The highest BCUT2D eigenvalue weighted by molar-refractivity contribution is 6.02. The maximum Gasteiger partial charge on any atom is 0.225 e. The number of ether oxygens (including phenoxy) is 4. The number of rotatable bonds is 6. The minimum atomic E-state index is -0.276. The molecule has 1 aliphatic heterocycles. The second-order valence-electron chi connectivity index (χ2n) is 7.96. The summed E-state index contributed by atoms with van der Waals surface area (Å²) in [6, 6.07) is 11.3. The van der Waals surface area contributed by atoms with Crippen molar-refractivity contribution in [2.75, 3.05) is 28.4 Å². The average molecular weight is 437 g/mol. The van der Waals surface area contributed by atoms with Crippen LogP contribution in [0.15, 0.2) is 47.7 Å². The summed E-state index contributed by atoms with van der Waals surface area (Å²) in [7, 11) is 6.28. The molecule has 32 heavy (non-hydrogen) atoms. The molecule has 0 spiro atoms. The third-order valence-electron chi connectivity index (χ3n) is 6.19. The van der Waals surface area contributed by atoms with Crippen molar-refractivity contribution in [3.8, 4) is 23.0 Å². The normalized spacial score (nSPS) is 20.4. The molecule has 1 N–H and O–H groups in total.